The predicted molar refractivity (Wildman–Crippen MR) is 116 cm³/mol. The van der Waals surface area contributed by atoms with Crippen LogP contribution in [-0.4, -0.2) is 30.9 Å². The number of carbonyl (C=O) groups excluding carboxylic acids is 1. The maximum atomic E-state index is 12.7. The average molecular weight is 416 g/mol. The van der Waals surface area contributed by atoms with Crippen LogP contribution >= 0.6 is 0 Å². The van der Waals surface area contributed by atoms with E-state index in [9.17, 15) is 4.79 Å². The number of benzene rings is 1. The van der Waals surface area contributed by atoms with Gasteiger partial charge in [-0.1, -0.05) is 19.9 Å². The predicted octanol–water partition coefficient (Wildman–Crippen LogP) is 3.75. The summed E-state index contributed by atoms with van der Waals surface area (Å²) in [5.74, 6) is 1.15. The molecule has 0 radical (unpaired) electrons. The van der Waals surface area contributed by atoms with E-state index in [1.807, 2.05) is 41.1 Å². The molecule has 0 aliphatic carbocycles. The number of hydrogen-bond donors (Lipinski definition) is 1. The van der Waals surface area contributed by atoms with Gasteiger partial charge in [0.05, 0.1) is 5.69 Å². The van der Waals surface area contributed by atoms with Crippen LogP contribution in [0.2, 0.25) is 0 Å². The molecule has 8 heteroatoms. The van der Waals surface area contributed by atoms with Gasteiger partial charge in [0.15, 0.2) is 0 Å². The van der Waals surface area contributed by atoms with Crippen LogP contribution in [0.15, 0.2) is 59.3 Å². The van der Waals surface area contributed by atoms with E-state index in [4.69, 9.17) is 9.52 Å². The number of nitrogens with one attached hydrogen (secondary N) is 1. The summed E-state index contributed by atoms with van der Waals surface area (Å²) in [5.41, 5.74) is 3.98. The van der Waals surface area contributed by atoms with Gasteiger partial charge >= 0.3 is 0 Å². The summed E-state index contributed by atoms with van der Waals surface area (Å²) in [6, 6.07) is 13.1. The Morgan fingerprint density at radius 1 is 1.13 bits per heavy atom. The summed E-state index contributed by atoms with van der Waals surface area (Å²) in [4.78, 5) is 16.7. The molecule has 1 aromatic carbocycles. The van der Waals surface area contributed by atoms with Crippen LogP contribution in [0.4, 0.5) is 0 Å². The maximum Gasteiger partial charge on any atom is 0.268 e. The topological polar surface area (TPSA) is 98.7 Å². The van der Waals surface area contributed by atoms with Gasteiger partial charge in [-0.15, -0.1) is 10.2 Å². The van der Waals surface area contributed by atoms with E-state index >= 15 is 0 Å². The zero-order valence-electron chi connectivity index (χ0n) is 17.7. The van der Waals surface area contributed by atoms with Crippen molar-refractivity contribution in [2.75, 3.05) is 0 Å². The molecule has 4 rings (SSSR count). The monoisotopic (exact) mass is 416 g/mol. The summed E-state index contributed by atoms with van der Waals surface area (Å²) in [7, 11) is 0. The summed E-state index contributed by atoms with van der Waals surface area (Å²) in [6.45, 7) is 6.48. The molecule has 0 aliphatic heterocycles. The third-order valence-electron chi connectivity index (χ3n) is 4.70. The van der Waals surface area contributed by atoms with Gasteiger partial charge in [0.2, 0.25) is 5.89 Å². The van der Waals surface area contributed by atoms with E-state index < -0.39 is 0 Å². The minimum atomic E-state index is -0.149. The fraction of sp³-hybridized carbons (Fsp3) is 0.261. The Kier molecular flexibility index (Phi) is 5.88. The number of pyridine rings is 1. The van der Waals surface area contributed by atoms with Crippen LogP contribution < -0.4 is 5.32 Å². The summed E-state index contributed by atoms with van der Waals surface area (Å²) >= 11 is 0. The highest BCUT2D eigenvalue weighted by Crippen LogP contribution is 2.23. The number of rotatable bonds is 7. The van der Waals surface area contributed by atoms with Crippen LogP contribution in [0.25, 0.3) is 17.3 Å². The van der Waals surface area contributed by atoms with Crippen molar-refractivity contribution in [1.29, 1.82) is 0 Å². The summed E-state index contributed by atoms with van der Waals surface area (Å²) < 4.78 is 7.39. The lowest BCUT2D eigenvalue weighted by Gasteiger charge is -2.11. The lowest BCUT2D eigenvalue weighted by molar-refractivity contribution is 0.0951. The van der Waals surface area contributed by atoms with Crippen LogP contribution in [0.1, 0.15) is 41.4 Å². The Morgan fingerprint density at radius 3 is 2.65 bits per heavy atom. The normalized spacial score (nSPS) is 11.1. The van der Waals surface area contributed by atoms with E-state index in [0.29, 0.717) is 35.5 Å². The summed E-state index contributed by atoms with van der Waals surface area (Å²) in [6.07, 6.45) is 4.23. The molecule has 0 aliphatic rings. The second kappa shape index (κ2) is 8.91. The molecular formula is C23H24N6O2. The third-order valence-corrected chi connectivity index (χ3v) is 4.70. The minimum Gasteiger partial charge on any atom is -0.420 e. The molecule has 0 atom stereocenters. The van der Waals surface area contributed by atoms with E-state index in [1.165, 1.54) is 0 Å². The molecule has 31 heavy (non-hydrogen) atoms. The average Bonchev–Trinajstić information content (AvgIpc) is 3.38. The van der Waals surface area contributed by atoms with E-state index in [1.54, 1.807) is 25.4 Å². The van der Waals surface area contributed by atoms with Gasteiger partial charge < -0.3 is 9.73 Å². The van der Waals surface area contributed by atoms with Crippen molar-refractivity contribution in [1.82, 2.24) is 30.3 Å². The van der Waals surface area contributed by atoms with Crippen molar-refractivity contribution in [2.24, 2.45) is 5.92 Å². The first-order chi connectivity index (χ1) is 15.0. The van der Waals surface area contributed by atoms with E-state index in [-0.39, 0.29) is 5.91 Å². The zero-order valence-corrected chi connectivity index (χ0v) is 17.7. The first-order valence-corrected chi connectivity index (χ1v) is 10.2. The van der Waals surface area contributed by atoms with Crippen LogP contribution in [0, 0.1) is 12.8 Å². The Labute approximate surface area is 180 Å². The quantitative estimate of drug-likeness (QED) is 0.493. The Bertz CT molecular complexity index is 1180. The first kappa shape index (κ1) is 20.5. The van der Waals surface area contributed by atoms with Crippen LogP contribution in [-0.2, 0) is 13.0 Å². The highest BCUT2D eigenvalue weighted by molar-refractivity contribution is 5.94. The van der Waals surface area contributed by atoms with Crippen molar-refractivity contribution in [3.8, 4) is 17.3 Å². The smallest absolute Gasteiger partial charge is 0.268 e. The molecule has 4 aromatic rings. The lowest BCUT2D eigenvalue weighted by atomic mass is 10.1. The molecule has 8 nitrogen and oxygen atoms in total. The number of hydrogen-bond acceptors (Lipinski definition) is 6. The number of aryl methyl sites for hydroxylation is 1. The highest BCUT2D eigenvalue weighted by Gasteiger charge is 2.17. The molecule has 3 aromatic heterocycles. The van der Waals surface area contributed by atoms with Gasteiger partial charge in [-0.2, -0.15) is 5.10 Å². The number of nitrogens with zero attached hydrogens (tertiary/aromatic N) is 5. The highest BCUT2D eigenvalue weighted by atomic mass is 16.4. The van der Waals surface area contributed by atoms with Gasteiger partial charge in [-0.3, -0.25) is 9.78 Å². The molecule has 1 amide bonds. The van der Waals surface area contributed by atoms with Gasteiger partial charge in [0.25, 0.3) is 11.8 Å². The number of carbonyl (C=O) groups is 1. The lowest BCUT2D eigenvalue weighted by Crippen LogP contribution is -2.23. The molecular weight excluding hydrogens is 392 g/mol. The van der Waals surface area contributed by atoms with Crippen molar-refractivity contribution >= 4 is 5.91 Å². The second-order valence-electron chi connectivity index (χ2n) is 7.75. The molecule has 0 unspecified atom stereocenters. The summed E-state index contributed by atoms with van der Waals surface area (Å²) in [5, 5.41) is 15.6. The molecule has 1 N–H and O–H groups in total. The van der Waals surface area contributed by atoms with Gasteiger partial charge in [-0.05, 0) is 54.3 Å². The molecule has 0 saturated heterocycles. The molecule has 158 valence electrons. The fourth-order valence-corrected chi connectivity index (χ4v) is 3.28. The third kappa shape index (κ3) is 4.85. The molecule has 0 spiro atoms. The molecule has 0 fully saturated rings. The minimum absolute atomic E-state index is 0.149. The van der Waals surface area contributed by atoms with Crippen molar-refractivity contribution in [3.63, 3.8) is 0 Å². The van der Waals surface area contributed by atoms with Crippen LogP contribution in [0.3, 0.4) is 0 Å². The molecule has 0 bridgehead atoms. The number of aromatic nitrogens is 5. The maximum absolute atomic E-state index is 12.7. The number of amides is 1. The van der Waals surface area contributed by atoms with Crippen molar-refractivity contribution in [2.45, 2.75) is 33.7 Å². The first-order valence-electron chi connectivity index (χ1n) is 10.2. The Balaban J connectivity index is 1.61. The largest absolute Gasteiger partial charge is 0.420 e. The van der Waals surface area contributed by atoms with E-state index in [2.05, 4.69) is 34.3 Å². The molecule has 0 saturated carbocycles. The van der Waals surface area contributed by atoms with Gasteiger partial charge in [0.1, 0.15) is 5.69 Å². The SMILES string of the molecule is Cc1nnc(-c2cc(CC(C)C)n(-c3cccc(C(=O)NCc4ccncc4)c3)n2)o1. The fourth-order valence-electron chi connectivity index (χ4n) is 3.28. The second-order valence-corrected chi connectivity index (χ2v) is 7.75. The van der Waals surface area contributed by atoms with Gasteiger partial charge in [-0.25, -0.2) is 4.68 Å². The molecule has 3 heterocycles. The van der Waals surface area contributed by atoms with Crippen molar-refractivity contribution in [3.05, 3.63) is 77.6 Å². The van der Waals surface area contributed by atoms with Gasteiger partial charge in [0, 0.05) is 37.1 Å². The van der Waals surface area contributed by atoms with Crippen LogP contribution in [0.5, 0.6) is 0 Å². The van der Waals surface area contributed by atoms with E-state index in [0.717, 1.165) is 23.4 Å². The van der Waals surface area contributed by atoms with Crippen molar-refractivity contribution < 1.29 is 9.21 Å². The standard InChI is InChI=1S/C23H24N6O2/c1-15(2)11-20-13-21(23-27-26-16(3)31-23)28-29(20)19-6-4-5-18(12-19)22(30)25-14-17-7-9-24-10-8-17/h4-10,12-13,15H,11,14H2,1-3H3,(H,25,30). The Morgan fingerprint density at radius 2 is 1.94 bits per heavy atom. The zero-order chi connectivity index (χ0) is 21.8. The Hall–Kier alpha value is -3.81.